The third-order valence-corrected chi connectivity index (χ3v) is 29.1. The van der Waals surface area contributed by atoms with Crippen LogP contribution in [-0.2, 0) is 19.2 Å². The third-order valence-electron chi connectivity index (χ3n) is 27.9. The number of pyridine rings is 5. The van der Waals surface area contributed by atoms with E-state index in [4.69, 9.17) is 81.3 Å². The molecule has 14 heterocycles. The molecule has 19 rings (SSSR count). The van der Waals surface area contributed by atoms with E-state index in [1.54, 1.807) is 99.9 Å². The van der Waals surface area contributed by atoms with E-state index in [-0.39, 0.29) is 102 Å². The molecule has 4 fully saturated rings. The highest BCUT2D eigenvalue weighted by Crippen LogP contribution is 2.48. The number of nitrogens with zero attached hydrogens (tertiary/aromatic N) is 22. The number of halogens is 8. The van der Waals surface area contributed by atoms with Crippen LogP contribution in [0.15, 0.2) is 229 Å². The van der Waals surface area contributed by atoms with E-state index in [9.17, 15) is 36.7 Å². The molecule has 774 valence electrons. The van der Waals surface area contributed by atoms with Gasteiger partial charge in [-0.15, -0.1) is 0 Å². The van der Waals surface area contributed by atoms with E-state index >= 15 is 0 Å². The lowest BCUT2D eigenvalue weighted by atomic mass is 9.96. The molecule has 6 aromatic heterocycles. The number of aryl methyl sites for hydroxylation is 2. The van der Waals surface area contributed by atoms with Gasteiger partial charge < -0.3 is 59.2 Å². The number of piperazine rings is 4. The Kier molecular flexibility index (Phi) is 33.4. The van der Waals surface area contributed by atoms with Crippen molar-refractivity contribution in [3.05, 3.63) is 308 Å². The first kappa shape index (κ1) is 107. The molecule has 8 aliphatic heterocycles. The molecule has 5 aromatic carbocycles. The van der Waals surface area contributed by atoms with Crippen LogP contribution in [0.5, 0.6) is 0 Å². The molecule has 5 atom stereocenters. The van der Waals surface area contributed by atoms with Crippen molar-refractivity contribution in [2.24, 2.45) is 20.0 Å². The normalized spacial score (nSPS) is 18.0. The Morgan fingerprint density at radius 2 is 0.705 bits per heavy atom. The molecule has 0 saturated carbocycles. The molecule has 11 aromatic rings. The topological polar surface area (TPSA) is 256 Å². The van der Waals surface area contributed by atoms with Crippen LogP contribution < -0.4 is 20.0 Å². The quantitative estimate of drug-likeness (QED) is 0.0739. The van der Waals surface area contributed by atoms with Crippen LogP contribution in [0.3, 0.4) is 0 Å². The number of para-hydroxylation sites is 1. The van der Waals surface area contributed by atoms with Gasteiger partial charge in [0.05, 0.1) is 99.3 Å². The molecule has 149 heavy (non-hydrogen) atoms. The van der Waals surface area contributed by atoms with Crippen molar-refractivity contribution in [1.29, 1.82) is 0 Å². The fourth-order valence-corrected chi connectivity index (χ4v) is 21.4. The lowest BCUT2D eigenvalue weighted by molar-refractivity contribution is -0.131. The first-order valence-electron chi connectivity index (χ1n) is 50.1. The lowest BCUT2D eigenvalue weighted by Gasteiger charge is -2.45. The van der Waals surface area contributed by atoms with Crippen molar-refractivity contribution in [2.75, 3.05) is 119 Å². The number of amides is 4. The fraction of sp³-hybridized carbons (Fsp3) is 0.342. The summed E-state index contributed by atoms with van der Waals surface area (Å²) in [5, 5.41) is 4.55. The second-order valence-corrected chi connectivity index (χ2v) is 40.9. The van der Waals surface area contributed by atoms with Gasteiger partial charge >= 0.3 is 0 Å². The van der Waals surface area contributed by atoms with Gasteiger partial charge in [-0.2, -0.15) is 0 Å². The van der Waals surface area contributed by atoms with Crippen LogP contribution in [0.4, 0.5) is 57.9 Å². The highest BCUT2D eigenvalue weighted by molar-refractivity contribution is 6.35. The van der Waals surface area contributed by atoms with Gasteiger partial charge in [-0.05, 0) is 192 Å². The summed E-state index contributed by atoms with van der Waals surface area (Å²) < 4.78 is 59.1. The highest BCUT2D eigenvalue weighted by atomic mass is 35.5. The van der Waals surface area contributed by atoms with Gasteiger partial charge in [0.1, 0.15) is 103 Å². The van der Waals surface area contributed by atoms with Crippen molar-refractivity contribution in [3.8, 4) is 45.0 Å². The van der Waals surface area contributed by atoms with Crippen LogP contribution in [0, 0.1) is 37.1 Å². The molecular formula is C114H123Cl4F4N23O4. The number of anilines is 7. The van der Waals surface area contributed by atoms with Gasteiger partial charge in [0.2, 0.25) is 23.6 Å². The zero-order valence-electron chi connectivity index (χ0n) is 86.4. The standard InChI is InChI=1S/C31H35ClFN7O.C31H33ClFN5O.C30H32ClFN6O.C22H23ClFN5O/c1-7-25(41)38-12-13-39(20(6)15-38)30-22-14-23(32)28(21-10-8-9-11-24(21)33)37-31(22)40(17-36-30)29-26(18(2)3)34-16-35-27(29)19(4)5;1-6-27(39)36-14-15-37(21(5)17-36)30-24-16-25(32)28(23-11-7-8-13-26(23)33)35-31(24)38(18-34-30)29-20(4)10-9-12-22(29)19(2)3;1-6-25(39)36-13-14-37(20(5)16-36)29-22-15-23(31)27(21-9-7-8-10-24(21)32)35-30(22)38(17-34-29)28-19(4)11-12-33-26(28)18(2)3;1-4-19(30)28-10-14(3)29(11-13(28)2)22-16-9-17(23)20(27-21(16)25-12-26-22)15-7-5-6-8-18(15)24/h7-11,14,16,18-20H,1,12-13,15,17H2,2-6H3;6-13,16,19,21H,1,14-15,17-18H2,2-5H3;6-12,15,18,20H,1,13-14,16-17H2,2-5H3;4-9,13-14H,1,10-12H2,2-3H3,(H,25,27). The van der Waals surface area contributed by atoms with Crippen molar-refractivity contribution < 1.29 is 36.7 Å². The maximum absolute atomic E-state index is 15.0. The van der Waals surface area contributed by atoms with Crippen LogP contribution in [-0.4, -0.2) is 250 Å². The number of carbonyl (C=O) groups excluding carboxylic acids is 4. The lowest BCUT2D eigenvalue weighted by Crippen LogP contribution is -2.59. The minimum absolute atomic E-state index is 0.00618. The monoisotopic (exact) mass is 2090 g/mol. The average Bonchev–Trinajstić information content (AvgIpc) is 0.740. The first-order chi connectivity index (χ1) is 71.4. The Labute approximate surface area is 888 Å². The first-order valence-corrected chi connectivity index (χ1v) is 51.7. The number of nitrogens with one attached hydrogen (secondary N) is 1. The van der Waals surface area contributed by atoms with Crippen LogP contribution >= 0.6 is 46.4 Å². The minimum Gasteiger partial charge on any atom is -0.350 e. The van der Waals surface area contributed by atoms with Gasteiger partial charge in [-0.1, -0.05) is 195 Å². The number of aromatic nitrogens is 7. The van der Waals surface area contributed by atoms with E-state index in [2.05, 4.69) is 189 Å². The number of hydrogen-bond acceptors (Lipinski definition) is 23. The van der Waals surface area contributed by atoms with E-state index < -0.39 is 5.82 Å². The zero-order valence-corrected chi connectivity index (χ0v) is 89.5. The van der Waals surface area contributed by atoms with E-state index in [0.29, 0.717) is 180 Å². The fourth-order valence-electron chi connectivity index (χ4n) is 20.4. The number of fused-ring (bicyclic) bond motifs is 4. The SMILES string of the molecule is C=CC(=O)N1CC(C)N(C2=NCNc3nc(-c4ccccc4F)c(Cl)cc32)CC1C.C=CC(=O)N1CCN(C2=NCN(c3c(C(C)C)ncnc3C(C)C)c3nc(-c4ccccc4F)c(Cl)cc32)C(C)C1.C=CC(=O)N1CCN(C2=NCN(c3c(C)cccc3C(C)C)c3nc(-c4ccccc4F)c(Cl)cc32)C(C)C1.C=CC(=O)N1CCN(C2=NCN(c3c(C)ccnc3C(C)C)c3nc(-c4ccccc4F)c(Cl)cc32)C(C)C1. The summed E-state index contributed by atoms with van der Waals surface area (Å²) in [4.78, 5) is 125. The van der Waals surface area contributed by atoms with Crippen molar-refractivity contribution in [3.63, 3.8) is 0 Å². The molecule has 27 nitrogen and oxygen atoms in total. The second-order valence-electron chi connectivity index (χ2n) is 39.3. The molecule has 0 radical (unpaired) electrons. The molecule has 4 saturated heterocycles. The Morgan fingerprint density at radius 1 is 0.362 bits per heavy atom. The molecule has 4 amide bonds. The van der Waals surface area contributed by atoms with Crippen LogP contribution in [0.1, 0.15) is 170 Å². The van der Waals surface area contributed by atoms with Gasteiger partial charge in [0.25, 0.3) is 0 Å². The average molecular weight is 2100 g/mol. The molecule has 0 bridgehead atoms. The van der Waals surface area contributed by atoms with E-state index in [0.717, 1.165) is 90.9 Å². The molecule has 0 spiro atoms. The third kappa shape index (κ3) is 22.1. The minimum atomic E-state index is -0.400. The predicted octanol–water partition coefficient (Wildman–Crippen LogP) is 22.4. The van der Waals surface area contributed by atoms with Gasteiger partial charge in [0, 0.05) is 131 Å². The largest absolute Gasteiger partial charge is 0.350 e. The number of rotatable bonds is 15. The Hall–Kier alpha value is -14.3. The maximum atomic E-state index is 15.0. The molecule has 0 aliphatic carbocycles. The van der Waals surface area contributed by atoms with Crippen molar-refractivity contribution >= 4 is 134 Å². The summed E-state index contributed by atoms with van der Waals surface area (Å²) in [6.45, 7) is 53.5. The summed E-state index contributed by atoms with van der Waals surface area (Å²) in [5.74, 6) is 4.51. The molecule has 1 N–H and O–H groups in total. The summed E-state index contributed by atoms with van der Waals surface area (Å²) in [6, 6.07) is 41.7. The number of hydrogen-bond donors (Lipinski definition) is 1. The Bertz CT molecular complexity index is 6910. The predicted molar refractivity (Wildman–Crippen MR) is 589 cm³/mol. The van der Waals surface area contributed by atoms with E-state index in [1.807, 2.05) is 54.1 Å². The summed E-state index contributed by atoms with van der Waals surface area (Å²) >= 11 is 27.0. The Morgan fingerprint density at radius 3 is 1.07 bits per heavy atom. The van der Waals surface area contributed by atoms with Gasteiger partial charge in [-0.25, -0.2) is 67.4 Å². The highest BCUT2D eigenvalue weighted by Gasteiger charge is 2.43. The number of aliphatic imine (C=N–C) groups is 4. The number of amidine groups is 4. The van der Waals surface area contributed by atoms with Crippen LogP contribution in [0.25, 0.3) is 45.0 Å². The van der Waals surface area contributed by atoms with Crippen molar-refractivity contribution in [2.45, 2.75) is 158 Å². The summed E-state index contributed by atoms with van der Waals surface area (Å²) in [6.07, 6.45) is 8.84. The maximum Gasteiger partial charge on any atom is 0.246 e. The molecular weight excluding hydrogens is 1970 g/mol. The Balaban J connectivity index is 0.000000142. The zero-order chi connectivity index (χ0) is 107. The van der Waals surface area contributed by atoms with Gasteiger partial charge in [0.15, 0.2) is 0 Å². The molecule has 5 unspecified atom stereocenters. The number of benzene rings is 5. The molecule has 8 aliphatic rings. The van der Waals surface area contributed by atoms with Crippen molar-refractivity contribution in [1.82, 2.24) is 74.1 Å². The smallest absolute Gasteiger partial charge is 0.246 e. The van der Waals surface area contributed by atoms with Gasteiger partial charge in [-0.3, -0.25) is 24.2 Å². The van der Waals surface area contributed by atoms with E-state index in [1.165, 1.54) is 54.1 Å². The second kappa shape index (κ2) is 46.2. The molecule has 35 heteroatoms. The van der Waals surface area contributed by atoms with Crippen LogP contribution in [0.2, 0.25) is 20.1 Å². The summed E-state index contributed by atoms with van der Waals surface area (Å²) in [7, 11) is 0. The number of carbonyl (C=O) groups is 4. The summed E-state index contributed by atoms with van der Waals surface area (Å²) in [5.41, 5.74) is 14.9.